The van der Waals surface area contributed by atoms with Crippen molar-refractivity contribution < 1.29 is 14.3 Å². The van der Waals surface area contributed by atoms with Crippen LogP contribution in [0, 0.1) is 11.3 Å². The summed E-state index contributed by atoms with van der Waals surface area (Å²) in [5.41, 5.74) is 0.436. The van der Waals surface area contributed by atoms with E-state index in [9.17, 15) is 9.59 Å². The molecule has 5 rings (SSSR count). The van der Waals surface area contributed by atoms with Crippen LogP contribution >= 0.6 is 0 Å². The van der Waals surface area contributed by atoms with E-state index in [1.165, 1.54) is 32.1 Å². The number of rotatable bonds is 3. The minimum atomic E-state index is -0.389. The number of nitrogens with zero attached hydrogens (tertiary/aromatic N) is 5. The first-order valence-corrected chi connectivity index (χ1v) is 14.9. The van der Waals surface area contributed by atoms with Gasteiger partial charge in [0.15, 0.2) is 0 Å². The largest absolute Gasteiger partial charge is 0.373 e. The van der Waals surface area contributed by atoms with Gasteiger partial charge < -0.3 is 19.9 Å². The van der Waals surface area contributed by atoms with E-state index in [1.54, 1.807) is 0 Å². The van der Waals surface area contributed by atoms with E-state index in [4.69, 9.17) is 4.74 Å². The van der Waals surface area contributed by atoms with Crippen LogP contribution in [0.1, 0.15) is 89.2 Å². The van der Waals surface area contributed by atoms with Crippen molar-refractivity contribution in [2.24, 2.45) is 11.3 Å². The predicted octanol–water partition coefficient (Wildman–Crippen LogP) is 3.14. The van der Waals surface area contributed by atoms with Crippen molar-refractivity contribution in [3.8, 4) is 0 Å². The molecule has 0 unspecified atom stereocenters. The van der Waals surface area contributed by atoms with Gasteiger partial charge in [-0.3, -0.25) is 14.3 Å². The summed E-state index contributed by atoms with van der Waals surface area (Å²) in [6, 6.07) is 0.787. The molecule has 1 spiro atoms. The molecule has 1 aromatic heterocycles. The third kappa shape index (κ3) is 6.91. The summed E-state index contributed by atoms with van der Waals surface area (Å²) in [6.07, 6.45) is 16.1. The summed E-state index contributed by atoms with van der Waals surface area (Å²) < 4.78 is 7.55. The van der Waals surface area contributed by atoms with Gasteiger partial charge in [0, 0.05) is 38.6 Å². The Balaban J connectivity index is 1.10. The van der Waals surface area contributed by atoms with Crippen LogP contribution in [0.3, 0.4) is 0 Å². The third-order valence-corrected chi connectivity index (χ3v) is 9.42. The Morgan fingerprint density at radius 2 is 1.76 bits per heavy atom. The van der Waals surface area contributed by atoms with Gasteiger partial charge in [0.2, 0.25) is 11.8 Å². The highest BCUT2D eigenvalue weighted by Gasteiger charge is 2.42. The molecule has 4 heterocycles. The number of likely N-dealkylation sites (tertiary alicyclic amines) is 2. The monoisotopic (exact) mass is 514 g/mol. The summed E-state index contributed by atoms with van der Waals surface area (Å²) in [7, 11) is 0. The van der Waals surface area contributed by atoms with Crippen molar-refractivity contribution in [3.63, 3.8) is 0 Å². The van der Waals surface area contributed by atoms with Crippen LogP contribution in [-0.4, -0.2) is 82.0 Å². The standard InChI is InChI=1S/C28H46N6O3/c35-26(20-23-8-15-32(16-9-23)25-6-2-1-3-7-25)33-17-11-28(12-18-33)10-4-5-14-34-21-24(30-31-34)22-37-19-13-29-27(28)36/h21,23,25H,1-20,22H2,(H,29,36). The molecule has 2 saturated heterocycles. The van der Waals surface area contributed by atoms with Gasteiger partial charge in [-0.2, -0.15) is 0 Å². The number of piperidine rings is 2. The molecule has 2 amide bonds. The zero-order valence-electron chi connectivity index (χ0n) is 22.5. The lowest BCUT2D eigenvalue weighted by molar-refractivity contribution is -0.142. The summed E-state index contributed by atoms with van der Waals surface area (Å²) in [5, 5.41) is 11.5. The number of nitrogens with one attached hydrogen (secondary N) is 1. The van der Waals surface area contributed by atoms with Crippen LogP contribution in [0.15, 0.2) is 6.20 Å². The molecule has 1 aromatic rings. The highest BCUT2D eigenvalue weighted by Crippen LogP contribution is 2.38. The highest BCUT2D eigenvalue weighted by molar-refractivity contribution is 5.83. The molecule has 2 bridgehead atoms. The van der Waals surface area contributed by atoms with Crippen LogP contribution in [0.2, 0.25) is 0 Å². The molecule has 206 valence electrons. The smallest absolute Gasteiger partial charge is 0.226 e. The summed E-state index contributed by atoms with van der Waals surface area (Å²) in [5.74, 6) is 0.938. The van der Waals surface area contributed by atoms with Gasteiger partial charge in [-0.05, 0) is 70.4 Å². The fourth-order valence-electron chi connectivity index (χ4n) is 6.97. The Morgan fingerprint density at radius 1 is 0.973 bits per heavy atom. The predicted molar refractivity (Wildman–Crippen MR) is 141 cm³/mol. The van der Waals surface area contributed by atoms with Crippen LogP contribution in [0.25, 0.3) is 0 Å². The lowest BCUT2D eigenvalue weighted by Gasteiger charge is -2.42. The third-order valence-electron chi connectivity index (χ3n) is 9.42. The normalized spacial score (nSPS) is 25.5. The molecule has 0 aromatic carbocycles. The minimum absolute atomic E-state index is 0.132. The Bertz CT molecular complexity index is 882. The van der Waals surface area contributed by atoms with E-state index in [1.807, 2.05) is 15.8 Å². The molecule has 0 atom stereocenters. The number of aromatic nitrogens is 3. The average molecular weight is 515 g/mol. The number of aryl methyl sites for hydroxylation is 1. The fourth-order valence-corrected chi connectivity index (χ4v) is 6.97. The van der Waals surface area contributed by atoms with Crippen LogP contribution < -0.4 is 5.32 Å². The van der Waals surface area contributed by atoms with Gasteiger partial charge in [0.25, 0.3) is 0 Å². The van der Waals surface area contributed by atoms with E-state index < -0.39 is 0 Å². The number of fused-ring (bicyclic) bond motifs is 2. The van der Waals surface area contributed by atoms with Crippen molar-refractivity contribution in [2.75, 3.05) is 39.3 Å². The molecular formula is C28H46N6O3. The maximum Gasteiger partial charge on any atom is 0.226 e. The number of carbonyl (C=O) groups excluding carboxylic acids is 2. The average Bonchev–Trinajstić information content (AvgIpc) is 3.39. The molecule has 4 aliphatic rings. The molecule has 37 heavy (non-hydrogen) atoms. The lowest BCUT2D eigenvalue weighted by Crippen LogP contribution is -2.51. The van der Waals surface area contributed by atoms with Crippen LogP contribution in [0.5, 0.6) is 0 Å². The molecule has 9 nitrogen and oxygen atoms in total. The molecule has 9 heteroatoms. The SMILES string of the molecule is O=C(CC1CCN(C2CCCCC2)CC1)N1CCC2(CCCCn3cc(nn3)COCCNC2=O)CC1. The van der Waals surface area contributed by atoms with Gasteiger partial charge in [0.1, 0.15) is 5.69 Å². The first-order chi connectivity index (χ1) is 18.1. The topological polar surface area (TPSA) is 92.6 Å². The van der Waals surface area contributed by atoms with Crippen molar-refractivity contribution in [3.05, 3.63) is 11.9 Å². The fraction of sp³-hybridized carbons (Fsp3) is 0.857. The first-order valence-electron chi connectivity index (χ1n) is 14.9. The molecule has 3 aliphatic heterocycles. The Kier molecular flexibility index (Phi) is 9.13. The molecule has 1 saturated carbocycles. The van der Waals surface area contributed by atoms with Gasteiger partial charge in [-0.25, -0.2) is 0 Å². The van der Waals surface area contributed by atoms with Crippen molar-refractivity contribution >= 4 is 11.8 Å². The number of amides is 2. The van der Waals surface area contributed by atoms with Crippen molar-refractivity contribution in [1.82, 2.24) is 30.1 Å². The minimum Gasteiger partial charge on any atom is -0.373 e. The van der Waals surface area contributed by atoms with Gasteiger partial charge in [0.05, 0.1) is 24.8 Å². The Morgan fingerprint density at radius 3 is 2.54 bits per heavy atom. The maximum absolute atomic E-state index is 13.3. The van der Waals surface area contributed by atoms with E-state index in [2.05, 4.69) is 20.5 Å². The second-order valence-corrected chi connectivity index (χ2v) is 11.9. The van der Waals surface area contributed by atoms with Gasteiger partial charge >= 0.3 is 0 Å². The quantitative estimate of drug-likeness (QED) is 0.666. The van der Waals surface area contributed by atoms with Crippen LogP contribution in [-0.2, 0) is 27.5 Å². The maximum atomic E-state index is 13.3. The second kappa shape index (κ2) is 12.7. The number of hydrogen-bond donors (Lipinski definition) is 1. The molecule has 1 aliphatic carbocycles. The number of carbonyl (C=O) groups is 2. The van der Waals surface area contributed by atoms with Gasteiger partial charge in [-0.15, -0.1) is 5.10 Å². The van der Waals surface area contributed by atoms with Crippen molar-refractivity contribution in [1.29, 1.82) is 0 Å². The Hall–Kier alpha value is -2.00. The van der Waals surface area contributed by atoms with E-state index >= 15 is 0 Å². The first kappa shape index (κ1) is 26.6. The summed E-state index contributed by atoms with van der Waals surface area (Å²) >= 11 is 0. The highest BCUT2D eigenvalue weighted by atomic mass is 16.5. The lowest BCUT2D eigenvalue weighted by atomic mass is 9.73. The van der Waals surface area contributed by atoms with Gasteiger partial charge in [-0.1, -0.05) is 30.9 Å². The molecule has 1 N–H and O–H groups in total. The van der Waals surface area contributed by atoms with E-state index in [-0.39, 0.29) is 11.3 Å². The molecule has 3 fully saturated rings. The zero-order chi connectivity index (χ0) is 25.5. The number of hydrogen-bond acceptors (Lipinski definition) is 6. The Labute approximate surface area is 221 Å². The molecule has 0 radical (unpaired) electrons. The van der Waals surface area contributed by atoms with Crippen LogP contribution in [0.4, 0.5) is 0 Å². The summed E-state index contributed by atoms with van der Waals surface area (Å²) in [6.45, 7) is 5.87. The molecular weight excluding hydrogens is 468 g/mol. The van der Waals surface area contributed by atoms with E-state index in [0.29, 0.717) is 51.1 Å². The number of ether oxygens (including phenoxy) is 1. The zero-order valence-corrected chi connectivity index (χ0v) is 22.5. The van der Waals surface area contributed by atoms with E-state index in [0.717, 1.165) is 76.3 Å². The van der Waals surface area contributed by atoms with Crippen molar-refractivity contribution in [2.45, 2.75) is 103 Å². The summed E-state index contributed by atoms with van der Waals surface area (Å²) in [4.78, 5) is 31.3. The second-order valence-electron chi connectivity index (χ2n) is 11.9.